The second-order valence-electron chi connectivity index (χ2n) is 9.31. The summed E-state index contributed by atoms with van der Waals surface area (Å²) in [6.45, 7) is 5.75. The van der Waals surface area contributed by atoms with E-state index in [0.29, 0.717) is 60.3 Å². The standard InChI is InChI=1S/C29H30N6O3/c1-19-17-30-29(31-18-19)35-13-11-34(12-14-35)24-10-9-22(16-25(24)36)32-28(38)27(37)26-23(15-20(2)33(26)3)21-7-5-4-6-8-21/h4-10,15-18,36H,11-14H2,1-3H3,(H,32,38)/i17D,18D. The van der Waals surface area contributed by atoms with Crippen molar-refractivity contribution in [3.63, 3.8) is 0 Å². The number of hydrogen-bond donors (Lipinski definition) is 2. The maximum Gasteiger partial charge on any atom is 0.298 e. The number of Topliss-reactive ketones (excluding diaryl/α,β-unsaturated/α-hetero) is 1. The number of ketones is 1. The molecule has 194 valence electrons. The molecule has 9 heteroatoms. The lowest BCUT2D eigenvalue weighted by molar-refractivity contribution is -0.112. The molecule has 0 spiro atoms. The third kappa shape index (κ3) is 4.95. The lowest BCUT2D eigenvalue weighted by atomic mass is 10.0. The first-order valence-electron chi connectivity index (χ1n) is 13.4. The number of benzene rings is 2. The predicted octanol–water partition coefficient (Wildman–Crippen LogP) is 3.95. The summed E-state index contributed by atoms with van der Waals surface area (Å²) in [6, 6.07) is 16.1. The van der Waals surface area contributed by atoms with E-state index in [1.165, 1.54) is 6.07 Å². The first-order chi connectivity index (χ1) is 19.1. The Bertz CT molecular complexity index is 1570. The average Bonchev–Trinajstić information content (AvgIpc) is 3.25. The van der Waals surface area contributed by atoms with E-state index in [-0.39, 0.29) is 18.1 Å². The van der Waals surface area contributed by atoms with Gasteiger partial charge in [-0.25, -0.2) is 9.97 Å². The number of carbonyl (C=O) groups is 2. The number of phenols is 1. The van der Waals surface area contributed by atoms with Crippen LogP contribution in [0, 0.1) is 13.8 Å². The normalized spacial score (nSPS) is 14.2. The minimum Gasteiger partial charge on any atom is -0.506 e. The highest BCUT2D eigenvalue weighted by Crippen LogP contribution is 2.32. The number of hydrogen-bond acceptors (Lipinski definition) is 7. The number of aromatic hydroxyl groups is 1. The number of aryl methyl sites for hydroxylation is 1. The molecule has 0 aliphatic carbocycles. The molecule has 5 rings (SSSR count). The number of amides is 1. The number of aromatic nitrogens is 3. The number of rotatable bonds is 6. The molecule has 1 aliphatic rings. The number of nitrogens with one attached hydrogen (secondary N) is 1. The van der Waals surface area contributed by atoms with E-state index in [4.69, 9.17) is 2.74 Å². The van der Waals surface area contributed by atoms with Crippen LogP contribution in [0.1, 0.15) is 24.5 Å². The Balaban J connectivity index is 1.27. The molecule has 1 saturated heterocycles. The van der Waals surface area contributed by atoms with Crippen LogP contribution in [0.4, 0.5) is 17.3 Å². The monoisotopic (exact) mass is 512 g/mol. The Morgan fingerprint density at radius 2 is 1.61 bits per heavy atom. The summed E-state index contributed by atoms with van der Waals surface area (Å²) in [6.07, 6.45) is 0.0921. The van der Waals surface area contributed by atoms with E-state index in [0.717, 1.165) is 11.3 Å². The molecular formula is C29H30N6O3. The summed E-state index contributed by atoms with van der Waals surface area (Å²) in [5, 5.41) is 13.4. The zero-order valence-electron chi connectivity index (χ0n) is 23.5. The third-order valence-electron chi connectivity index (χ3n) is 6.76. The van der Waals surface area contributed by atoms with Crippen LogP contribution in [-0.2, 0) is 11.8 Å². The SMILES string of the molecule is [2H]c1nc(N2CCN(c3ccc(NC(=O)C(=O)c4c(-c5ccccc5)cc(C)n4C)cc3O)CC2)nc([2H])c1C. The van der Waals surface area contributed by atoms with Crippen LogP contribution < -0.4 is 15.1 Å². The second-order valence-corrected chi connectivity index (χ2v) is 9.31. The van der Waals surface area contributed by atoms with E-state index in [1.54, 1.807) is 30.7 Å². The van der Waals surface area contributed by atoms with Crippen LogP contribution in [0.25, 0.3) is 11.1 Å². The van der Waals surface area contributed by atoms with E-state index in [9.17, 15) is 14.7 Å². The molecule has 38 heavy (non-hydrogen) atoms. The van der Waals surface area contributed by atoms with Crippen molar-refractivity contribution in [2.75, 3.05) is 41.3 Å². The van der Waals surface area contributed by atoms with Crippen LogP contribution in [0.2, 0.25) is 0 Å². The second kappa shape index (κ2) is 10.4. The fourth-order valence-corrected chi connectivity index (χ4v) is 4.61. The first kappa shape index (κ1) is 22.5. The van der Waals surface area contributed by atoms with Gasteiger partial charge in [0.15, 0.2) is 0 Å². The topological polar surface area (TPSA) is 104 Å². The molecule has 3 heterocycles. The maximum absolute atomic E-state index is 13.2. The van der Waals surface area contributed by atoms with Gasteiger partial charge in [-0.2, -0.15) is 0 Å². The molecule has 1 amide bonds. The van der Waals surface area contributed by atoms with Gasteiger partial charge in [-0.15, -0.1) is 0 Å². The predicted molar refractivity (Wildman–Crippen MR) is 148 cm³/mol. The highest BCUT2D eigenvalue weighted by atomic mass is 16.3. The molecule has 2 aromatic carbocycles. The van der Waals surface area contributed by atoms with E-state index in [1.807, 2.05) is 53.1 Å². The molecule has 1 fully saturated rings. The van der Waals surface area contributed by atoms with Gasteiger partial charge in [0.1, 0.15) is 11.4 Å². The van der Waals surface area contributed by atoms with Crippen molar-refractivity contribution in [1.29, 1.82) is 0 Å². The van der Waals surface area contributed by atoms with E-state index in [2.05, 4.69) is 15.3 Å². The Morgan fingerprint density at radius 1 is 0.947 bits per heavy atom. The molecule has 4 aromatic rings. The van der Waals surface area contributed by atoms with Crippen LogP contribution in [0.5, 0.6) is 5.75 Å². The summed E-state index contributed by atoms with van der Waals surface area (Å²) in [7, 11) is 1.76. The van der Waals surface area contributed by atoms with Gasteiger partial charge in [-0.1, -0.05) is 30.3 Å². The minimum atomic E-state index is -0.792. The molecule has 1 aliphatic heterocycles. The molecule has 0 bridgehead atoms. The Labute approximate surface area is 224 Å². The molecule has 0 saturated carbocycles. The van der Waals surface area contributed by atoms with Gasteiger partial charge >= 0.3 is 0 Å². The fourth-order valence-electron chi connectivity index (χ4n) is 4.61. The average molecular weight is 513 g/mol. The van der Waals surface area contributed by atoms with Crippen LogP contribution in [-0.4, -0.2) is 57.5 Å². The Morgan fingerprint density at radius 3 is 2.26 bits per heavy atom. The fraction of sp³-hybridized carbons (Fsp3) is 0.241. The van der Waals surface area contributed by atoms with Gasteiger partial charge in [0, 0.05) is 68.6 Å². The Kier molecular flexibility index (Phi) is 6.15. The Hall–Kier alpha value is -4.66. The zero-order chi connectivity index (χ0) is 28.6. The van der Waals surface area contributed by atoms with Crippen molar-refractivity contribution in [2.45, 2.75) is 13.8 Å². The number of phenolic OH excluding ortho intramolecular Hbond substituents is 1. The lowest BCUT2D eigenvalue weighted by Gasteiger charge is -2.36. The van der Waals surface area contributed by atoms with Crippen LogP contribution >= 0.6 is 0 Å². The zero-order valence-corrected chi connectivity index (χ0v) is 21.5. The molecule has 0 radical (unpaired) electrons. The quantitative estimate of drug-likeness (QED) is 0.298. The summed E-state index contributed by atoms with van der Waals surface area (Å²) in [4.78, 5) is 38.5. The van der Waals surface area contributed by atoms with Gasteiger partial charge < -0.3 is 24.8 Å². The van der Waals surface area contributed by atoms with E-state index >= 15 is 0 Å². The molecule has 2 aromatic heterocycles. The lowest BCUT2D eigenvalue weighted by Crippen LogP contribution is -2.47. The number of carbonyl (C=O) groups excluding carboxylic acids is 2. The molecule has 0 unspecified atom stereocenters. The highest BCUT2D eigenvalue weighted by Gasteiger charge is 2.26. The van der Waals surface area contributed by atoms with Crippen molar-refractivity contribution < 1.29 is 17.4 Å². The van der Waals surface area contributed by atoms with Crippen molar-refractivity contribution in [3.8, 4) is 16.9 Å². The van der Waals surface area contributed by atoms with Crippen molar-refractivity contribution in [2.24, 2.45) is 7.05 Å². The summed E-state index contributed by atoms with van der Waals surface area (Å²) >= 11 is 0. The molecule has 9 nitrogen and oxygen atoms in total. The third-order valence-corrected chi connectivity index (χ3v) is 6.76. The first-order valence-corrected chi connectivity index (χ1v) is 12.4. The summed E-state index contributed by atoms with van der Waals surface area (Å²) in [5.74, 6) is -1.12. The number of piperazine rings is 1. The van der Waals surface area contributed by atoms with Crippen molar-refractivity contribution >= 4 is 29.0 Å². The number of anilines is 3. The maximum atomic E-state index is 13.2. The highest BCUT2D eigenvalue weighted by molar-refractivity contribution is 6.47. The molecular weight excluding hydrogens is 480 g/mol. The number of nitrogens with zero attached hydrogens (tertiary/aromatic N) is 5. The van der Waals surface area contributed by atoms with Gasteiger partial charge in [-0.3, -0.25) is 9.59 Å². The van der Waals surface area contributed by atoms with Crippen LogP contribution in [0.15, 0.2) is 66.9 Å². The summed E-state index contributed by atoms with van der Waals surface area (Å²) < 4.78 is 17.6. The van der Waals surface area contributed by atoms with E-state index < -0.39 is 11.7 Å². The van der Waals surface area contributed by atoms with Crippen molar-refractivity contribution in [3.05, 3.63) is 83.9 Å². The molecule has 2 N–H and O–H groups in total. The van der Waals surface area contributed by atoms with Gasteiger partial charge in [-0.05, 0) is 43.2 Å². The van der Waals surface area contributed by atoms with Crippen molar-refractivity contribution in [1.82, 2.24) is 14.5 Å². The van der Waals surface area contributed by atoms with Gasteiger partial charge in [0.2, 0.25) is 5.95 Å². The molecule has 0 atom stereocenters. The van der Waals surface area contributed by atoms with Gasteiger partial charge in [0.25, 0.3) is 11.7 Å². The smallest absolute Gasteiger partial charge is 0.298 e. The largest absolute Gasteiger partial charge is 0.506 e. The van der Waals surface area contributed by atoms with Gasteiger partial charge in [0.05, 0.1) is 8.43 Å². The minimum absolute atomic E-state index is 0.0214. The van der Waals surface area contributed by atoms with Crippen LogP contribution in [0.3, 0.4) is 0 Å². The summed E-state index contributed by atoms with van der Waals surface area (Å²) in [5.41, 5.74) is 4.03.